The number of thiazole rings is 1. The van der Waals surface area contributed by atoms with Crippen LogP contribution in [0.25, 0.3) is 10.6 Å². The molecule has 12 heteroatoms. The van der Waals surface area contributed by atoms with E-state index in [2.05, 4.69) is 15.4 Å². The van der Waals surface area contributed by atoms with Gasteiger partial charge in [0.25, 0.3) is 5.91 Å². The Morgan fingerprint density at radius 3 is 2.76 bits per heavy atom. The second kappa shape index (κ2) is 9.51. The summed E-state index contributed by atoms with van der Waals surface area (Å²) in [4.78, 5) is 17.1. The molecule has 1 saturated heterocycles. The van der Waals surface area contributed by atoms with Crippen LogP contribution in [0, 0.1) is 11.6 Å². The number of nitrogens with zero attached hydrogens (tertiary/aromatic N) is 3. The first-order valence-corrected chi connectivity index (χ1v) is 11.1. The zero-order valence-electron chi connectivity index (χ0n) is 18.0. The van der Waals surface area contributed by atoms with Crippen LogP contribution in [0.5, 0.6) is 0 Å². The van der Waals surface area contributed by atoms with E-state index in [1.54, 1.807) is 18.8 Å². The van der Waals surface area contributed by atoms with Gasteiger partial charge >= 0.3 is 0 Å². The summed E-state index contributed by atoms with van der Waals surface area (Å²) in [5.74, 6) is -2.20. The number of aryl methyl sites for hydroxylation is 1. The molecule has 33 heavy (non-hydrogen) atoms. The summed E-state index contributed by atoms with van der Waals surface area (Å²) < 4.78 is 41.3. The highest BCUT2D eigenvalue weighted by atomic mass is 32.1. The van der Waals surface area contributed by atoms with Gasteiger partial charge in [0.1, 0.15) is 27.7 Å². The molecule has 1 aromatic carbocycles. The lowest BCUT2D eigenvalue weighted by Gasteiger charge is -2.19. The number of hydrogen-bond acceptors (Lipinski definition) is 8. The van der Waals surface area contributed by atoms with Crippen molar-refractivity contribution in [3.63, 3.8) is 0 Å². The third-order valence-corrected chi connectivity index (χ3v) is 6.49. The molecule has 4 rings (SSSR count). The van der Waals surface area contributed by atoms with E-state index in [0.29, 0.717) is 30.8 Å². The molecule has 1 aliphatic heterocycles. The van der Waals surface area contributed by atoms with E-state index in [1.165, 1.54) is 12.3 Å². The number of amides is 1. The van der Waals surface area contributed by atoms with Gasteiger partial charge in [0.2, 0.25) is 0 Å². The van der Waals surface area contributed by atoms with Gasteiger partial charge < -0.3 is 26.3 Å². The highest BCUT2D eigenvalue weighted by Crippen LogP contribution is 2.35. The van der Waals surface area contributed by atoms with Crippen LogP contribution in [0.2, 0.25) is 0 Å². The molecule has 176 valence electrons. The van der Waals surface area contributed by atoms with Gasteiger partial charge in [-0.2, -0.15) is 5.10 Å². The van der Waals surface area contributed by atoms with Crippen molar-refractivity contribution >= 4 is 27.9 Å². The first kappa shape index (κ1) is 23.2. The molecule has 1 aliphatic rings. The van der Waals surface area contributed by atoms with Crippen molar-refractivity contribution in [2.45, 2.75) is 31.1 Å². The number of carbonyl (C=O) groups is 1. The first-order chi connectivity index (χ1) is 15.8. The molecule has 1 fully saturated rings. The van der Waals surface area contributed by atoms with Gasteiger partial charge in [-0.3, -0.25) is 9.48 Å². The Morgan fingerprint density at radius 1 is 1.33 bits per heavy atom. The highest BCUT2D eigenvalue weighted by molar-refractivity contribution is 7.19. The van der Waals surface area contributed by atoms with Gasteiger partial charge in [0.05, 0.1) is 35.9 Å². The van der Waals surface area contributed by atoms with E-state index in [4.69, 9.17) is 20.9 Å². The Bertz CT molecular complexity index is 1150. The van der Waals surface area contributed by atoms with Crippen LogP contribution < -0.4 is 16.8 Å². The lowest BCUT2D eigenvalue weighted by atomic mass is 10.0. The van der Waals surface area contributed by atoms with Gasteiger partial charge in [-0.05, 0) is 25.0 Å². The maximum atomic E-state index is 14.1. The Morgan fingerprint density at radius 2 is 2.06 bits per heavy atom. The molecule has 3 heterocycles. The van der Waals surface area contributed by atoms with Crippen LogP contribution in [-0.4, -0.2) is 46.5 Å². The molecular formula is C21H24F2N6O3S. The summed E-state index contributed by atoms with van der Waals surface area (Å²) in [5, 5.41) is 7.00. The predicted octanol–water partition coefficient (Wildman–Crippen LogP) is 2.85. The number of nitrogens with one attached hydrogen (secondary N) is 1. The van der Waals surface area contributed by atoms with Gasteiger partial charge in [0.15, 0.2) is 5.69 Å². The fourth-order valence-corrected chi connectivity index (χ4v) is 4.69. The van der Waals surface area contributed by atoms with Crippen LogP contribution in [0.15, 0.2) is 24.4 Å². The molecule has 9 nitrogen and oxygen atoms in total. The normalized spacial score (nSPS) is 21.1. The number of ether oxygens (including phenoxy) is 2. The molecule has 1 amide bonds. The van der Waals surface area contributed by atoms with Crippen LogP contribution in [0.3, 0.4) is 0 Å². The molecule has 2 aromatic heterocycles. The van der Waals surface area contributed by atoms with E-state index in [1.807, 2.05) is 0 Å². The summed E-state index contributed by atoms with van der Waals surface area (Å²) in [6.45, 7) is 0.303. The van der Waals surface area contributed by atoms with Crippen LogP contribution in [0.1, 0.15) is 35.1 Å². The van der Waals surface area contributed by atoms with E-state index in [0.717, 1.165) is 23.5 Å². The highest BCUT2D eigenvalue weighted by Gasteiger charge is 2.30. The molecule has 5 N–H and O–H groups in total. The van der Waals surface area contributed by atoms with E-state index in [9.17, 15) is 13.6 Å². The minimum Gasteiger partial charge on any atom is -0.389 e. The number of aromatic nitrogens is 3. The summed E-state index contributed by atoms with van der Waals surface area (Å²) in [7, 11) is 3.33. The number of methoxy groups -OCH3 is 1. The first-order valence-electron chi connectivity index (χ1n) is 10.2. The largest absolute Gasteiger partial charge is 0.389 e. The van der Waals surface area contributed by atoms with Crippen LogP contribution >= 0.6 is 11.3 Å². The van der Waals surface area contributed by atoms with Crippen LogP contribution in [-0.2, 0) is 16.5 Å². The van der Waals surface area contributed by atoms with Gasteiger partial charge in [-0.25, -0.2) is 13.8 Å². The van der Waals surface area contributed by atoms with Crippen molar-refractivity contribution in [3.8, 4) is 10.6 Å². The Labute approximate surface area is 192 Å². The topological polar surface area (TPSA) is 130 Å². The zero-order valence-corrected chi connectivity index (χ0v) is 18.9. The summed E-state index contributed by atoms with van der Waals surface area (Å²) in [5.41, 5.74) is 12.7. The van der Waals surface area contributed by atoms with E-state index in [-0.39, 0.29) is 39.5 Å². The standard InChI is InChI=1S/C21H24F2N6O3S/c1-29-18(14-7-6-12(24)15(31-2)9-32-14)13(8-26-29)27-20(30)17-19(25)33-21(28-17)16-10(22)4-3-5-11(16)23/h3-5,8,12,14-15H,6-7,9,24-25H2,1-2H3,(H,27,30)/t12-,14+,15-/m0/s1. The van der Waals surface area contributed by atoms with Crippen molar-refractivity contribution < 1.29 is 23.0 Å². The molecule has 0 aliphatic carbocycles. The number of nitrogens with two attached hydrogens (primary N) is 2. The lowest BCUT2D eigenvalue weighted by Crippen LogP contribution is -2.37. The number of benzene rings is 1. The second-order valence-electron chi connectivity index (χ2n) is 7.69. The minimum absolute atomic E-state index is 0.0219. The van der Waals surface area contributed by atoms with Gasteiger partial charge in [0, 0.05) is 20.2 Å². The molecule has 0 radical (unpaired) electrons. The molecule has 0 bridgehead atoms. The Hall–Kier alpha value is -2.93. The van der Waals surface area contributed by atoms with E-state index < -0.39 is 17.5 Å². The maximum absolute atomic E-state index is 14.1. The number of rotatable bonds is 5. The third kappa shape index (κ3) is 4.60. The maximum Gasteiger partial charge on any atom is 0.277 e. The fourth-order valence-electron chi connectivity index (χ4n) is 3.82. The number of anilines is 2. The minimum atomic E-state index is -0.789. The van der Waals surface area contributed by atoms with Crippen molar-refractivity contribution in [3.05, 3.63) is 47.4 Å². The van der Waals surface area contributed by atoms with Crippen molar-refractivity contribution in [2.24, 2.45) is 12.8 Å². The van der Waals surface area contributed by atoms with Crippen molar-refractivity contribution in [1.29, 1.82) is 0 Å². The second-order valence-corrected chi connectivity index (χ2v) is 8.72. The smallest absolute Gasteiger partial charge is 0.277 e. The third-order valence-electron chi connectivity index (χ3n) is 5.59. The molecule has 0 saturated carbocycles. The van der Waals surface area contributed by atoms with E-state index >= 15 is 0 Å². The Kier molecular flexibility index (Phi) is 6.70. The number of hydrogen-bond donors (Lipinski definition) is 3. The molecule has 0 spiro atoms. The molecule has 3 aromatic rings. The van der Waals surface area contributed by atoms with Crippen LogP contribution in [0.4, 0.5) is 19.5 Å². The quantitative estimate of drug-likeness (QED) is 0.514. The van der Waals surface area contributed by atoms with Crippen molar-refractivity contribution in [2.75, 3.05) is 24.8 Å². The summed E-state index contributed by atoms with van der Waals surface area (Å²) in [6.07, 6.45) is 2.18. The van der Waals surface area contributed by atoms with Gasteiger partial charge in [-0.1, -0.05) is 17.4 Å². The number of halogens is 2. The number of nitrogen functional groups attached to an aromatic ring is 1. The summed E-state index contributed by atoms with van der Waals surface area (Å²) >= 11 is 0.830. The molecular weight excluding hydrogens is 454 g/mol. The lowest BCUT2D eigenvalue weighted by molar-refractivity contribution is -0.0211. The Balaban J connectivity index is 1.58. The number of carbonyl (C=O) groups excluding carboxylic acids is 1. The summed E-state index contributed by atoms with van der Waals surface area (Å²) in [6, 6.07) is 3.31. The molecule has 0 unspecified atom stereocenters. The fraction of sp³-hybridized carbons (Fsp3) is 0.381. The predicted molar refractivity (Wildman–Crippen MR) is 120 cm³/mol. The van der Waals surface area contributed by atoms with Crippen molar-refractivity contribution in [1.82, 2.24) is 14.8 Å². The molecule has 3 atom stereocenters. The average Bonchev–Trinajstić information content (AvgIpc) is 3.26. The monoisotopic (exact) mass is 478 g/mol. The average molecular weight is 479 g/mol. The zero-order chi connectivity index (χ0) is 23.7. The SMILES string of the molecule is CO[C@H]1CO[C@@H](c2c(NC(=O)c3nc(-c4c(F)cccc4F)sc3N)cnn2C)CC[C@@H]1N. The van der Waals surface area contributed by atoms with Gasteiger partial charge in [-0.15, -0.1) is 0 Å².